The molecule has 0 radical (unpaired) electrons. The topological polar surface area (TPSA) is 81.4 Å². The van der Waals surface area contributed by atoms with E-state index in [4.69, 9.17) is 4.74 Å². The smallest absolute Gasteiger partial charge is 0.147 e. The summed E-state index contributed by atoms with van der Waals surface area (Å²) in [4.78, 5) is 20.3. The third-order valence-corrected chi connectivity index (χ3v) is 5.31. The fourth-order valence-electron chi connectivity index (χ4n) is 3.81. The van der Waals surface area contributed by atoms with Crippen LogP contribution in [0.4, 0.5) is 17.5 Å². The van der Waals surface area contributed by atoms with E-state index >= 15 is 0 Å². The molecule has 2 aromatic rings. The van der Waals surface area contributed by atoms with Crippen LogP contribution < -0.4 is 14.7 Å². The van der Waals surface area contributed by atoms with E-state index < -0.39 is 0 Å². The molecule has 4 heterocycles. The number of rotatable bonds is 3. The van der Waals surface area contributed by atoms with Crippen LogP contribution in [0.1, 0.15) is 16.8 Å². The number of aromatic nitrogens is 3. The maximum Gasteiger partial charge on any atom is 0.147 e. The number of ether oxygens (including phenoxy) is 1. The van der Waals surface area contributed by atoms with Gasteiger partial charge in [0, 0.05) is 51.0 Å². The van der Waals surface area contributed by atoms with Crippen molar-refractivity contribution >= 4 is 17.5 Å². The molecule has 2 aromatic heterocycles. The Morgan fingerprint density at radius 1 is 0.893 bits per heavy atom. The minimum atomic E-state index is 0.677. The first-order valence-electron chi connectivity index (χ1n) is 9.68. The van der Waals surface area contributed by atoms with Crippen LogP contribution in [0.15, 0.2) is 18.5 Å². The van der Waals surface area contributed by atoms with E-state index in [0.29, 0.717) is 5.56 Å². The maximum absolute atomic E-state index is 9.55. The van der Waals surface area contributed by atoms with Crippen molar-refractivity contribution in [3.05, 3.63) is 35.3 Å². The number of nitriles is 1. The van der Waals surface area contributed by atoms with Crippen molar-refractivity contribution in [3.8, 4) is 6.07 Å². The van der Waals surface area contributed by atoms with Crippen LogP contribution in [0.2, 0.25) is 0 Å². The van der Waals surface area contributed by atoms with Gasteiger partial charge in [0.1, 0.15) is 29.9 Å². The summed E-state index contributed by atoms with van der Waals surface area (Å²) in [5.41, 5.74) is 2.61. The molecule has 8 nitrogen and oxygen atoms in total. The Kier molecular flexibility index (Phi) is 5.26. The molecule has 0 bridgehead atoms. The van der Waals surface area contributed by atoms with Gasteiger partial charge in [-0.3, -0.25) is 0 Å². The van der Waals surface area contributed by atoms with E-state index in [0.717, 1.165) is 81.2 Å². The van der Waals surface area contributed by atoms with Crippen molar-refractivity contribution in [2.45, 2.75) is 13.8 Å². The minimum Gasteiger partial charge on any atom is -0.378 e. The van der Waals surface area contributed by atoms with Gasteiger partial charge in [0.25, 0.3) is 0 Å². The highest BCUT2D eigenvalue weighted by Gasteiger charge is 2.23. The van der Waals surface area contributed by atoms with Gasteiger partial charge >= 0.3 is 0 Å². The highest BCUT2D eigenvalue weighted by Crippen LogP contribution is 2.25. The molecule has 2 aliphatic heterocycles. The van der Waals surface area contributed by atoms with Gasteiger partial charge in [-0.25, -0.2) is 15.0 Å². The Labute approximate surface area is 165 Å². The van der Waals surface area contributed by atoms with Crippen LogP contribution in [0.3, 0.4) is 0 Å². The lowest BCUT2D eigenvalue weighted by Gasteiger charge is -2.37. The SMILES string of the molecule is Cc1cc(C)c(C#N)c(N2CCN(c3cc(N4CCOCC4)ncn3)CC2)n1. The molecule has 0 atom stereocenters. The molecule has 0 amide bonds. The molecule has 8 heteroatoms. The second-order valence-corrected chi connectivity index (χ2v) is 7.20. The van der Waals surface area contributed by atoms with Crippen molar-refractivity contribution in [1.82, 2.24) is 15.0 Å². The second-order valence-electron chi connectivity index (χ2n) is 7.20. The third-order valence-electron chi connectivity index (χ3n) is 5.31. The Hall–Kier alpha value is -2.92. The number of morpholine rings is 1. The van der Waals surface area contributed by atoms with E-state index in [1.54, 1.807) is 6.33 Å². The van der Waals surface area contributed by atoms with Gasteiger partial charge in [0.15, 0.2) is 0 Å². The van der Waals surface area contributed by atoms with E-state index in [1.807, 2.05) is 19.9 Å². The molecule has 4 rings (SSSR count). The van der Waals surface area contributed by atoms with Crippen LogP contribution in [-0.4, -0.2) is 67.4 Å². The number of nitrogens with zero attached hydrogens (tertiary/aromatic N) is 7. The number of hydrogen-bond donors (Lipinski definition) is 0. The molecule has 2 aliphatic rings. The van der Waals surface area contributed by atoms with Crippen molar-refractivity contribution in [1.29, 1.82) is 5.26 Å². The number of hydrogen-bond acceptors (Lipinski definition) is 8. The van der Waals surface area contributed by atoms with E-state index in [2.05, 4.69) is 41.8 Å². The predicted octanol–water partition coefficient (Wildman–Crippen LogP) is 1.52. The Morgan fingerprint density at radius 3 is 2.14 bits per heavy atom. The fraction of sp³-hybridized carbons (Fsp3) is 0.500. The molecule has 0 aliphatic carbocycles. The first-order valence-corrected chi connectivity index (χ1v) is 9.68. The minimum absolute atomic E-state index is 0.677. The van der Waals surface area contributed by atoms with Gasteiger partial charge in [-0.15, -0.1) is 0 Å². The second kappa shape index (κ2) is 7.98. The highest BCUT2D eigenvalue weighted by molar-refractivity contribution is 5.59. The summed E-state index contributed by atoms with van der Waals surface area (Å²) in [6.07, 6.45) is 1.64. The maximum atomic E-state index is 9.55. The molecule has 0 N–H and O–H groups in total. The third kappa shape index (κ3) is 3.71. The summed E-state index contributed by atoms with van der Waals surface area (Å²) in [5, 5.41) is 9.55. The van der Waals surface area contributed by atoms with Gasteiger partial charge < -0.3 is 19.4 Å². The van der Waals surface area contributed by atoms with Gasteiger partial charge in [0.05, 0.1) is 18.8 Å². The van der Waals surface area contributed by atoms with E-state index in [-0.39, 0.29) is 0 Å². The first kappa shape index (κ1) is 18.4. The molecule has 0 spiro atoms. The number of anilines is 3. The monoisotopic (exact) mass is 379 g/mol. The molecular formula is C20H25N7O. The molecule has 2 saturated heterocycles. The number of aryl methyl sites for hydroxylation is 2. The standard InChI is InChI=1S/C20H25N7O/c1-15-11-16(2)24-20(17(15)13-21)27-5-3-25(4-6-27)18-12-19(23-14-22-18)26-7-9-28-10-8-26/h11-12,14H,3-10H2,1-2H3. The van der Waals surface area contributed by atoms with Gasteiger partial charge in [-0.2, -0.15) is 5.26 Å². The zero-order valence-corrected chi connectivity index (χ0v) is 16.4. The van der Waals surface area contributed by atoms with Crippen molar-refractivity contribution in [2.75, 3.05) is 67.2 Å². The van der Waals surface area contributed by atoms with Crippen molar-refractivity contribution in [2.24, 2.45) is 0 Å². The summed E-state index contributed by atoms with van der Waals surface area (Å²) in [6, 6.07) is 6.35. The van der Waals surface area contributed by atoms with Crippen molar-refractivity contribution in [3.63, 3.8) is 0 Å². The summed E-state index contributed by atoms with van der Waals surface area (Å²) >= 11 is 0. The first-order chi connectivity index (χ1) is 13.7. The average Bonchev–Trinajstić information content (AvgIpc) is 2.74. The van der Waals surface area contributed by atoms with Crippen LogP contribution in [-0.2, 0) is 4.74 Å². The van der Waals surface area contributed by atoms with E-state index in [9.17, 15) is 5.26 Å². The van der Waals surface area contributed by atoms with Gasteiger partial charge in [-0.1, -0.05) is 0 Å². The molecule has 0 unspecified atom stereocenters. The van der Waals surface area contributed by atoms with Crippen LogP contribution in [0, 0.1) is 25.2 Å². The van der Waals surface area contributed by atoms with Crippen LogP contribution >= 0.6 is 0 Å². The van der Waals surface area contributed by atoms with Crippen LogP contribution in [0.25, 0.3) is 0 Å². The lowest BCUT2D eigenvalue weighted by Crippen LogP contribution is -2.47. The lowest BCUT2D eigenvalue weighted by molar-refractivity contribution is 0.122. The highest BCUT2D eigenvalue weighted by atomic mass is 16.5. The molecule has 0 aromatic carbocycles. The predicted molar refractivity (Wildman–Crippen MR) is 108 cm³/mol. The summed E-state index contributed by atoms with van der Waals surface area (Å²) in [7, 11) is 0. The molecule has 28 heavy (non-hydrogen) atoms. The van der Waals surface area contributed by atoms with Crippen LogP contribution in [0.5, 0.6) is 0 Å². The number of piperazine rings is 1. The fourth-order valence-corrected chi connectivity index (χ4v) is 3.81. The Balaban J connectivity index is 1.47. The molecule has 146 valence electrons. The van der Waals surface area contributed by atoms with Gasteiger partial charge in [0.2, 0.25) is 0 Å². The zero-order chi connectivity index (χ0) is 19.5. The summed E-state index contributed by atoms with van der Waals surface area (Å²) < 4.78 is 5.43. The summed E-state index contributed by atoms with van der Waals surface area (Å²) in [6.45, 7) is 10.4. The average molecular weight is 379 g/mol. The molecule has 0 saturated carbocycles. The quantitative estimate of drug-likeness (QED) is 0.794. The molecular weight excluding hydrogens is 354 g/mol. The zero-order valence-electron chi connectivity index (χ0n) is 16.4. The van der Waals surface area contributed by atoms with E-state index in [1.165, 1.54) is 0 Å². The molecule has 2 fully saturated rings. The van der Waals surface area contributed by atoms with Gasteiger partial charge in [-0.05, 0) is 25.5 Å². The van der Waals surface area contributed by atoms with Crippen molar-refractivity contribution < 1.29 is 4.74 Å². The largest absolute Gasteiger partial charge is 0.378 e. The number of pyridine rings is 1. The Bertz CT molecular complexity index is 881. The lowest BCUT2D eigenvalue weighted by atomic mass is 10.1. The normalized spacial score (nSPS) is 17.5. The summed E-state index contributed by atoms with van der Waals surface area (Å²) in [5.74, 6) is 2.71. The Morgan fingerprint density at radius 2 is 1.50 bits per heavy atom.